The highest BCUT2D eigenvalue weighted by Gasteiger charge is 2.00. The van der Waals surface area contributed by atoms with Crippen molar-refractivity contribution in [3.63, 3.8) is 0 Å². The van der Waals surface area contributed by atoms with Crippen LogP contribution in [0, 0.1) is 6.92 Å². The first-order chi connectivity index (χ1) is 6.15. The summed E-state index contributed by atoms with van der Waals surface area (Å²) in [7, 11) is 0. The summed E-state index contributed by atoms with van der Waals surface area (Å²) in [6.07, 6.45) is 0. The molecular formula is C8H10N4S. The first-order valence-corrected chi connectivity index (χ1v) is 4.18. The predicted octanol–water partition coefficient (Wildman–Crippen LogP) is 2.68. The van der Waals surface area contributed by atoms with Crippen molar-refractivity contribution in [2.45, 2.75) is 18.4 Å². The Labute approximate surface area is 81.8 Å². The molecule has 1 aromatic carbocycles. The first-order valence-electron chi connectivity index (χ1n) is 3.74. The third-order valence-corrected chi connectivity index (χ3v) is 2.26. The fraction of sp³-hybridized carbons (Fsp3) is 0.250. The Kier molecular flexibility index (Phi) is 3.06. The summed E-state index contributed by atoms with van der Waals surface area (Å²) in [5.74, 6) is 0. The van der Waals surface area contributed by atoms with E-state index >= 15 is 0 Å². The SMILES string of the molecule is Cc1c(N)cc(CN=[N+]=[N-])cc1S. The standard InChI is InChI=1S/C8H10N4S/c1-5-7(9)2-6(3-8(5)13)4-11-12-10/h2-3,13H,4,9H2,1H3. The molecule has 1 aromatic rings. The largest absolute Gasteiger partial charge is 0.398 e. The van der Waals surface area contributed by atoms with E-state index in [0.717, 1.165) is 16.0 Å². The minimum absolute atomic E-state index is 0.314. The summed E-state index contributed by atoms with van der Waals surface area (Å²) in [4.78, 5) is 3.49. The molecular weight excluding hydrogens is 184 g/mol. The smallest absolute Gasteiger partial charge is 0.0512 e. The number of azide groups is 1. The van der Waals surface area contributed by atoms with Crippen LogP contribution in [0.2, 0.25) is 0 Å². The van der Waals surface area contributed by atoms with Crippen LogP contribution >= 0.6 is 12.6 Å². The molecule has 0 amide bonds. The van der Waals surface area contributed by atoms with Crippen molar-refractivity contribution < 1.29 is 0 Å². The third kappa shape index (κ3) is 2.31. The number of hydrogen-bond acceptors (Lipinski definition) is 3. The molecule has 0 aromatic heterocycles. The molecule has 0 aliphatic carbocycles. The molecule has 1 rings (SSSR count). The van der Waals surface area contributed by atoms with Crippen LogP contribution in [0.1, 0.15) is 11.1 Å². The molecule has 0 aliphatic heterocycles. The quantitative estimate of drug-likeness (QED) is 0.245. The van der Waals surface area contributed by atoms with Crippen molar-refractivity contribution in [2.75, 3.05) is 5.73 Å². The molecule has 0 bridgehead atoms. The Balaban J connectivity index is 3.05. The highest BCUT2D eigenvalue weighted by molar-refractivity contribution is 7.80. The van der Waals surface area contributed by atoms with Crippen molar-refractivity contribution in [1.82, 2.24) is 0 Å². The molecule has 0 fully saturated rings. The van der Waals surface area contributed by atoms with E-state index in [1.54, 1.807) is 6.07 Å². The lowest BCUT2D eigenvalue weighted by molar-refractivity contribution is 1.03. The number of nitrogen functional groups attached to an aromatic ring is 1. The lowest BCUT2D eigenvalue weighted by atomic mass is 10.1. The summed E-state index contributed by atoms with van der Waals surface area (Å²) in [6.45, 7) is 2.21. The lowest BCUT2D eigenvalue weighted by Crippen LogP contribution is -1.93. The van der Waals surface area contributed by atoms with Crippen LogP contribution in [0.5, 0.6) is 0 Å². The minimum Gasteiger partial charge on any atom is -0.398 e. The van der Waals surface area contributed by atoms with E-state index in [1.165, 1.54) is 0 Å². The molecule has 0 unspecified atom stereocenters. The second-order valence-electron chi connectivity index (χ2n) is 2.72. The van der Waals surface area contributed by atoms with Crippen molar-refractivity contribution in [1.29, 1.82) is 0 Å². The number of thiol groups is 1. The molecule has 0 atom stereocenters. The van der Waals surface area contributed by atoms with Crippen molar-refractivity contribution in [3.8, 4) is 0 Å². The van der Waals surface area contributed by atoms with Gasteiger partial charge in [-0.05, 0) is 35.7 Å². The van der Waals surface area contributed by atoms with Crippen LogP contribution < -0.4 is 5.73 Å². The maximum atomic E-state index is 8.13. The van der Waals surface area contributed by atoms with Gasteiger partial charge in [0.2, 0.25) is 0 Å². The zero-order valence-electron chi connectivity index (χ0n) is 7.23. The molecule has 0 saturated heterocycles. The molecule has 0 heterocycles. The average Bonchev–Trinajstić information content (AvgIpc) is 2.10. The van der Waals surface area contributed by atoms with Gasteiger partial charge in [-0.15, -0.1) is 12.6 Å². The van der Waals surface area contributed by atoms with Gasteiger partial charge < -0.3 is 5.73 Å². The van der Waals surface area contributed by atoms with Gasteiger partial charge in [0.15, 0.2) is 0 Å². The molecule has 5 heteroatoms. The summed E-state index contributed by atoms with van der Waals surface area (Å²) < 4.78 is 0. The lowest BCUT2D eigenvalue weighted by Gasteiger charge is -2.05. The fourth-order valence-corrected chi connectivity index (χ4v) is 1.28. The monoisotopic (exact) mass is 194 g/mol. The van der Waals surface area contributed by atoms with E-state index in [9.17, 15) is 0 Å². The molecule has 0 saturated carbocycles. The second-order valence-corrected chi connectivity index (χ2v) is 3.20. The molecule has 13 heavy (non-hydrogen) atoms. The van der Waals surface area contributed by atoms with Crippen molar-refractivity contribution in [3.05, 3.63) is 33.7 Å². The first kappa shape index (κ1) is 9.77. The van der Waals surface area contributed by atoms with Crippen molar-refractivity contribution >= 4 is 18.3 Å². The number of anilines is 1. The molecule has 0 spiro atoms. The third-order valence-electron chi connectivity index (χ3n) is 1.80. The number of nitrogens with zero attached hydrogens (tertiary/aromatic N) is 3. The van der Waals surface area contributed by atoms with Gasteiger partial charge in [0.1, 0.15) is 0 Å². The minimum atomic E-state index is 0.314. The Morgan fingerprint density at radius 3 is 2.85 bits per heavy atom. The van der Waals surface area contributed by atoms with E-state index in [2.05, 4.69) is 22.7 Å². The van der Waals surface area contributed by atoms with E-state index in [0.29, 0.717) is 12.2 Å². The number of rotatable bonds is 2. The Bertz CT molecular complexity index is 345. The summed E-state index contributed by atoms with van der Waals surface area (Å²) in [5, 5.41) is 3.44. The van der Waals surface area contributed by atoms with Gasteiger partial charge in [0.25, 0.3) is 0 Å². The summed E-state index contributed by atoms with van der Waals surface area (Å²) in [6, 6.07) is 3.65. The Hall–Kier alpha value is -1.32. The molecule has 2 N–H and O–H groups in total. The topological polar surface area (TPSA) is 74.8 Å². The molecule has 0 radical (unpaired) electrons. The van der Waals surface area contributed by atoms with Gasteiger partial charge >= 0.3 is 0 Å². The zero-order valence-corrected chi connectivity index (χ0v) is 8.12. The number of nitrogens with two attached hydrogens (primary N) is 1. The van der Waals surface area contributed by atoms with E-state index < -0.39 is 0 Å². The highest BCUT2D eigenvalue weighted by atomic mass is 32.1. The van der Waals surface area contributed by atoms with Crippen LogP contribution in [-0.4, -0.2) is 0 Å². The summed E-state index contributed by atoms with van der Waals surface area (Å²) >= 11 is 4.24. The normalized spacial score (nSPS) is 9.38. The van der Waals surface area contributed by atoms with Gasteiger partial charge in [-0.25, -0.2) is 0 Å². The van der Waals surface area contributed by atoms with Crippen LogP contribution in [0.4, 0.5) is 5.69 Å². The Morgan fingerprint density at radius 2 is 2.31 bits per heavy atom. The molecule has 4 nitrogen and oxygen atoms in total. The number of benzene rings is 1. The summed E-state index contributed by atoms with van der Waals surface area (Å²) in [5.41, 5.74) is 16.3. The second kappa shape index (κ2) is 4.07. The van der Waals surface area contributed by atoms with Gasteiger partial charge in [-0.2, -0.15) is 0 Å². The van der Waals surface area contributed by atoms with E-state index in [-0.39, 0.29) is 0 Å². The Morgan fingerprint density at radius 1 is 1.62 bits per heavy atom. The maximum Gasteiger partial charge on any atom is 0.0512 e. The van der Waals surface area contributed by atoms with Gasteiger partial charge in [-0.3, -0.25) is 0 Å². The molecule has 0 aliphatic rings. The average molecular weight is 194 g/mol. The van der Waals surface area contributed by atoms with Crippen LogP contribution in [-0.2, 0) is 6.54 Å². The van der Waals surface area contributed by atoms with Gasteiger partial charge in [0, 0.05) is 15.5 Å². The van der Waals surface area contributed by atoms with Gasteiger partial charge in [-0.1, -0.05) is 5.11 Å². The highest BCUT2D eigenvalue weighted by Crippen LogP contribution is 2.22. The van der Waals surface area contributed by atoms with E-state index in [1.807, 2.05) is 13.0 Å². The van der Waals surface area contributed by atoms with Crippen LogP contribution in [0.25, 0.3) is 10.4 Å². The van der Waals surface area contributed by atoms with Gasteiger partial charge in [0.05, 0.1) is 6.54 Å². The maximum absolute atomic E-state index is 8.13. The fourth-order valence-electron chi connectivity index (χ4n) is 0.986. The van der Waals surface area contributed by atoms with Crippen LogP contribution in [0.3, 0.4) is 0 Å². The predicted molar refractivity (Wildman–Crippen MR) is 55.7 cm³/mol. The zero-order chi connectivity index (χ0) is 9.84. The number of hydrogen-bond donors (Lipinski definition) is 2. The van der Waals surface area contributed by atoms with Crippen molar-refractivity contribution in [2.24, 2.45) is 5.11 Å². The van der Waals surface area contributed by atoms with Crippen LogP contribution in [0.15, 0.2) is 22.1 Å². The van der Waals surface area contributed by atoms with E-state index in [4.69, 9.17) is 11.3 Å². The molecule has 68 valence electrons.